The molecule has 4 N–H and O–H groups in total. The molecule has 1 saturated heterocycles. The average molecular weight is 662 g/mol. The van der Waals surface area contributed by atoms with Crippen LogP contribution in [-0.2, 0) is 28.7 Å². The SMILES string of the molecule is C=C[C@H]1CN(C(=O)[C@@H](NC(=O)N[C@H](C(=O)OC(C)(C)C)C(C)C)C(C)(C)C)[C@H](C(=O)NC(CC2CC2)C(=O)C(=O)NCC)[C@H]1C(C)C. The zero-order valence-electron chi connectivity index (χ0n) is 30.3. The van der Waals surface area contributed by atoms with Crippen LogP contribution in [0.2, 0.25) is 0 Å². The number of carbonyl (C=O) groups is 6. The summed E-state index contributed by atoms with van der Waals surface area (Å²) in [5.74, 6) is -3.71. The van der Waals surface area contributed by atoms with E-state index < -0.39 is 70.7 Å². The molecule has 6 atom stereocenters. The standard InChI is InChI=1S/C35H59N5O7/c1-13-22-18-40(26(24(22)19(3)4)29(42)37-23(17-21-15-16-21)27(41)30(43)36-14-2)31(44)28(34(7,8)9)39-33(46)38-25(20(5)6)32(45)47-35(10,11)12/h13,19-26,28H,1,14-18H2,2-12H3,(H,36,43)(H,37,42)(H2,38,39,46)/t22-,23?,24-,25-,26-,28+/m0/s1. The Balaban J connectivity index is 2.42. The van der Waals surface area contributed by atoms with Gasteiger partial charge in [0.2, 0.25) is 17.6 Å². The molecule has 47 heavy (non-hydrogen) atoms. The van der Waals surface area contributed by atoms with E-state index in [1.54, 1.807) is 68.4 Å². The second-order valence-electron chi connectivity index (χ2n) is 15.8. The second kappa shape index (κ2) is 16.1. The summed E-state index contributed by atoms with van der Waals surface area (Å²) in [4.78, 5) is 82.0. The predicted molar refractivity (Wildman–Crippen MR) is 180 cm³/mol. The van der Waals surface area contributed by atoms with Crippen LogP contribution in [0.3, 0.4) is 0 Å². The maximum absolute atomic E-state index is 14.5. The summed E-state index contributed by atoms with van der Waals surface area (Å²) in [5, 5.41) is 10.8. The highest BCUT2D eigenvalue weighted by molar-refractivity contribution is 6.38. The number of likely N-dealkylation sites (N-methyl/N-ethyl adjacent to an activating group) is 1. The van der Waals surface area contributed by atoms with Crippen LogP contribution in [0.15, 0.2) is 12.7 Å². The molecular weight excluding hydrogens is 602 g/mol. The number of nitrogens with one attached hydrogen (secondary N) is 4. The van der Waals surface area contributed by atoms with Gasteiger partial charge in [0.15, 0.2) is 0 Å². The zero-order valence-corrected chi connectivity index (χ0v) is 30.3. The molecule has 266 valence electrons. The van der Waals surface area contributed by atoms with E-state index >= 15 is 0 Å². The summed E-state index contributed by atoms with van der Waals surface area (Å²) in [5.41, 5.74) is -1.55. The Morgan fingerprint density at radius 2 is 1.53 bits per heavy atom. The molecule has 1 aliphatic carbocycles. The lowest BCUT2D eigenvalue weighted by Crippen LogP contribution is -2.62. The third-order valence-electron chi connectivity index (χ3n) is 8.69. The van der Waals surface area contributed by atoms with Gasteiger partial charge in [0.05, 0.1) is 6.04 Å². The number of esters is 1. The molecule has 0 spiro atoms. The number of hydrogen-bond acceptors (Lipinski definition) is 7. The van der Waals surface area contributed by atoms with Crippen LogP contribution in [-0.4, -0.2) is 83.3 Å². The second-order valence-corrected chi connectivity index (χ2v) is 15.8. The Bertz CT molecular complexity index is 1180. The third-order valence-corrected chi connectivity index (χ3v) is 8.69. The number of ketones is 1. The maximum Gasteiger partial charge on any atom is 0.329 e. The Morgan fingerprint density at radius 1 is 0.936 bits per heavy atom. The minimum absolute atomic E-state index is 0.0440. The minimum atomic E-state index is -1.08. The van der Waals surface area contributed by atoms with Crippen LogP contribution in [0.25, 0.3) is 0 Å². The van der Waals surface area contributed by atoms with E-state index in [0.717, 1.165) is 12.8 Å². The number of likely N-dealkylation sites (tertiary alicyclic amines) is 1. The quantitative estimate of drug-likeness (QED) is 0.126. The number of Topliss-reactive ketones (excluding diaryl/α,β-unsaturated/α-hetero) is 1. The van der Waals surface area contributed by atoms with Gasteiger partial charge in [-0.1, -0.05) is 67.4 Å². The molecule has 1 saturated carbocycles. The van der Waals surface area contributed by atoms with Crippen molar-refractivity contribution in [2.45, 2.75) is 125 Å². The fraction of sp³-hybridized carbons (Fsp3) is 0.771. The highest BCUT2D eigenvalue weighted by Crippen LogP contribution is 2.39. The Morgan fingerprint density at radius 3 is 1.98 bits per heavy atom. The lowest BCUT2D eigenvalue weighted by Gasteiger charge is -2.37. The first-order valence-corrected chi connectivity index (χ1v) is 17.0. The van der Waals surface area contributed by atoms with Gasteiger partial charge in [-0.25, -0.2) is 9.59 Å². The van der Waals surface area contributed by atoms with Gasteiger partial charge in [0, 0.05) is 13.1 Å². The topological polar surface area (TPSA) is 163 Å². The van der Waals surface area contributed by atoms with Crippen LogP contribution in [0, 0.1) is 35.0 Å². The van der Waals surface area contributed by atoms with Crippen LogP contribution in [0.4, 0.5) is 4.79 Å². The van der Waals surface area contributed by atoms with Gasteiger partial charge >= 0.3 is 12.0 Å². The molecule has 2 fully saturated rings. The van der Waals surface area contributed by atoms with Crippen LogP contribution in [0.1, 0.15) is 95.4 Å². The molecule has 2 aliphatic rings. The molecule has 0 aromatic carbocycles. The van der Waals surface area contributed by atoms with Crippen LogP contribution in [0.5, 0.6) is 0 Å². The molecule has 2 rings (SSSR count). The first-order chi connectivity index (χ1) is 21.6. The number of hydrogen-bond donors (Lipinski definition) is 4. The molecule has 0 aromatic rings. The molecule has 0 radical (unpaired) electrons. The van der Waals surface area contributed by atoms with E-state index in [0.29, 0.717) is 6.42 Å². The van der Waals surface area contributed by atoms with Gasteiger partial charge < -0.3 is 30.9 Å². The van der Waals surface area contributed by atoms with Crippen molar-refractivity contribution in [3.05, 3.63) is 12.7 Å². The largest absolute Gasteiger partial charge is 0.458 e. The van der Waals surface area contributed by atoms with Crippen molar-refractivity contribution in [1.82, 2.24) is 26.2 Å². The maximum atomic E-state index is 14.5. The number of ether oxygens (including phenoxy) is 1. The molecule has 0 aromatic heterocycles. The Labute approximate surface area is 280 Å². The molecule has 5 amide bonds. The van der Waals surface area contributed by atoms with Gasteiger partial charge in [-0.3, -0.25) is 19.2 Å². The summed E-state index contributed by atoms with van der Waals surface area (Å²) >= 11 is 0. The monoisotopic (exact) mass is 661 g/mol. The summed E-state index contributed by atoms with van der Waals surface area (Å²) in [6.45, 7) is 24.3. The molecular formula is C35H59N5O7. The average Bonchev–Trinajstić information content (AvgIpc) is 3.67. The molecule has 1 heterocycles. The number of nitrogens with zero attached hydrogens (tertiary/aromatic N) is 1. The van der Waals surface area contributed by atoms with Gasteiger partial charge in [0.25, 0.3) is 5.91 Å². The molecule has 1 unspecified atom stereocenters. The zero-order chi connectivity index (χ0) is 36.0. The first kappa shape index (κ1) is 39.7. The van der Waals surface area contributed by atoms with E-state index in [9.17, 15) is 28.8 Å². The van der Waals surface area contributed by atoms with Crippen LogP contribution < -0.4 is 21.3 Å². The van der Waals surface area contributed by atoms with Gasteiger partial charge in [-0.15, -0.1) is 6.58 Å². The molecule has 12 heteroatoms. The van der Waals surface area contributed by atoms with Crippen molar-refractivity contribution in [3.8, 4) is 0 Å². The number of carbonyl (C=O) groups excluding carboxylic acids is 6. The lowest BCUT2D eigenvalue weighted by molar-refractivity contribution is -0.158. The van der Waals surface area contributed by atoms with E-state index in [4.69, 9.17) is 4.74 Å². The Hall–Kier alpha value is -3.44. The fourth-order valence-electron chi connectivity index (χ4n) is 6.11. The van der Waals surface area contributed by atoms with Gasteiger partial charge in [0.1, 0.15) is 23.7 Å². The third kappa shape index (κ3) is 11.1. The summed E-state index contributed by atoms with van der Waals surface area (Å²) in [6, 6.07) is -4.76. The molecule has 0 bridgehead atoms. The summed E-state index contributed by atoms with van der Waals surface area (Å²) in [6.07, 6.45) is 3.92. The highest BCUT2D eigenvalue weighted by atomic mass is 16.6. The number of amides is 5. The van der Waals surface area contributed by atoms with Crippen molar-refractivity contribution >= 4 is 35.5 Å². The van der Waals surface area contributed by atoms with E-state index in [1.165, 1.54) is 4.90 Å². The lowest BCUT2D eigenvalue weighted by atomic mass is 9.81. The smallest absolute Gasteiger partial charge is 0.329 e. The fourth-order valence-corrected chi connectivity index (χ4v) is 6.11. The van der Waals surface area contributed by atoms with Crippen molar-refractivity contribution in [2.24, 2.45) is 35.0 Å². The van der Waals surface area contributed by atoms with E-state index in [-0.39, 0.29) is 42.7 Å². The van der Waals surface area contributed by atoms with Gasteiger partial charge in [-0.05, 0) is 69.1 Å². The van der Waals surface area contributed by atoms with E-state index in [2.05, 4.69) is 27.8 Å². The van der Waals surface area contributed by atoms with E-state index in [1.807, 2.05) is 13.8 Å². The molecule has 12 nitrogen and oxygen atoms in total. The minimum Gasteiger partial charge on any atom is -0.458 e. The number of rotatable bonds is 14. The van der Waals surface area contributed by atoms with Crippen molar-refractivity contribution in [2.75, 3.05) is 13.1 Å². The van der Waals surface area contributed by atoms with Crippen molar-refractivity contribution in [1.29, 1.82) is 0 Å². The van der Waals surface area contributed by atoms with Gasteiger partial charge in [-0.2, -0.15) is 0 Å². The number of urea groups is 1. The Kier molecular flexibility index (Phi) is 13.6. The first-order valence-electron chi connectivity index (χ1n) is 17.0. The normalized spacial score (nSPS) is 21.8. The predicted octanol–water partition coefficient (Wildman–Crippen LogP) is 3.34. The van der Waals surface area contributed by atoms with Crippen molar-refractivity contribution < 1.29 is 33.5 Å². The van der Waals surface area contributed by atoms with Crippen molar-refractivity contribution in [3.63, 3.8) is 0 Å². The summed E-state index contributed by atoms with van der Waals surface area (Å²) < 4.78 is 5.51. The van der Waals surface area contributed by atoms with Crippen LogP contribution >= 0.6 is 0 Å². The highest BCUT2D eigenvalue weighted by Gasteiger charge is 2.51. The summed E-state index contributed by atoms with van der Waals surface area (Å²) in [7, 11) is 0. The molecule has 1 aliphatic heterocycles.